The van der Waals surface area contributed by atoms with Gasteiger partial charge in [-0.3, -0.25) is 20.4 Å². The first-order valence-electron chi connectivity index (χ1n) is 11.0. The zero-order valence-electron chi connectivity index (χ0n) is 20.6. The SMILES string of the molecule is CCCCn1nc(C(C)(C)C)s/c1=N\C(=O)c1cc(C(F)(F)F)ccc1NNC(=O)C(C)(C)C. The molecule has 0 radical (unpaired) electrons. The first-order valence-corrected chi connectivity index (χ1v) is 11.8. The summed E-state index contributed by atoms with van der Waals surface area (Å²) in [6.45, 7) is 13.5. The minimum Gasteiger partial charge on any atom is -0.298 e. The Labute approximate surface area is 201 Å². The average Bonchev–Trinajstić information content (AvgIpc) is 3.11. The van der Waals surface area contributed by atoms with E-state index in [0.717, 1.165) is 36.0 Å². The summed E-state index contributed by atoms with van der Waals surface area (Å²) in [5.74, 6) is -1.26. The van der Waals surface area contributed by atoms with Gasteiger partial charge in [-0.25, -0.2) is 4.68 Å². The molecule has 1 heterocycles. The number of alkyl halides is 3. The van der Waals surface area contributed by atoms with Crippen molar-refractivity contribution in [2.24, 2.45) is 10.4 Å². The van der Waals surface area contributed by atoms with Crippen LogP contribution < -0.4 is 15.7 Å². The number of nitrogens with zero attached hydrogens (tertiary/aromatic N) is 3. The minimum atomic E-state index is -4.65. The van der Waals surface area contributed by atoms with E-state index < -0.39 is 29.0 Å². The predicted octanol–water partition coefficient (Wildman–Crippen LogP) is 5.29. The summed E-state index contributed by atoms with van der Waals surface area (Å²) in [6.07, 6.45) is -2.94. The van der Waals surface area contributed by atoms with Crippen molar-refractivity contribution < 1.29 is 22.8 Å². The van der Waals surface area contributed by atoms with Gasteiger partial charge < -0.3 is 0 Å². The fourth-order valence-electron chi connectivity index (χ4n) is 2.61. The van der Waals surface area contributed by atoms with Crippen molar-refractivity contribution >= 4 is 28.8 Å². The van der Waals surface area contributed by atoms with E-state index in [-0.39, 0.29) is 16.7 Å². The van der Waals surface area contributed by atoms with Gasteiger partial charge in [0.1, 0.15) is 5.01 Å². The van der Waals surface area contributed by atoms with E-state index in [1.807, 2.05) is 27.7 Å². The fourth-order valence-corrected chi connectivity index (χ4v) is 3.60. The fraction of sp³-hybridized carbons (Fsp3) is 0.565. The summed E-state index contributed by atoms with van der Waals surface area (Å²) in [4.78, 5) is 29.8. The highest BCUT2D eigenvalue weighted by Gasteiger charge is 2.32. The number of amides is 2. The molecule has 2 amide bonds. The molecular weight excluding hydrogens is 467 g/mol. The molecule has 1 aromatic heterocycles. The number of hydrogen-bond acceptors (Lipinski definition) is 5. The van der Waals surface area contributed by atoms with Crippen LogP contribution in [0.25, 0.3) is 0 Å². The Morgan fingerprint density at radius 3 is 2.29 bits per heavy atom. The zero-order valence-corrected chi connectivity index (χ0v) is 21.4. The molecule has 0 aliphatic heterocycles. The summed E-state index contributed by atoms with van der Waals surface area (Å²) < 4.78 is 41.7. The third-order valence-corrected chi connectivity index (χ3v) is 6.12. The Bertz CT molecular complexity index is 1110. The maximum atomic E-state index is 13.4. The van der Waals surface area contributed by atoms with Gasteiger partial charge in [0.2, 0.25) is 10.7 Å². The van der Waals surface area contributed by atoms with E-state index in [4.69, 9.17) is 0 Å². The van der Waals surface area contributed by atoms with E-state index >= 15 is 0 Å². The minimum absolute atomic E-state index is 0.0139. The lowest BCUT2D eigenvalue weighted by Crippen LogP contribution is -2.38. The number of unbranched alkanes of at least 4 members (excludes halogenated alkanes) is 1. The van der Waals surface area contributed by atoms with Crippen molar-refractivity contribution in [2.45, 2.75) is 79.4 Å². The molecule has 2 N–H and O–H groups in total. The molecule has 0 bridgehead atoms. The molecule has 2 rings (SSSR count). The van der Waals surface area contributed by atoms with Crippen LogP contribution in [0.5, 0.6) is 0 Å². The van der Waals surface area contributed by atoms with Crippen LogP contribution in [0, 0.1) is 5.41 Å². The van der Waals surface area contributed by atoms with E-state index in [1.54, 1.807) is 25.5 Å². The van der Waals surface area contributed by atoms with Crippen LogP contribution in [0.15, 0.2) is 23.2 Å². The number of halogens is 3. The van der Waals surface area contributed by atoms with Crippen molar-refractivity contribution in [2.75, 3.05) is 5.43 Å². The van der Waals surface area contributed by atoms with Crippen LogP contribution in [0.4, 0.5) is 18.9 Å². The third kappa shape index (κ3) is 7.15. The Kier molecular flexibility index (Phi) is 8.34. The molecule has 7 nitrogen and oxygen atoms in total. The van der Waals surface area contributed by atoms with Crippen LogP contribution >= 0.6 is 11.3 Å². The Morgan fingerprint density at radius 1 is 1.12 bits per heavy atom. The zero-order chi connectivity index (χ0) is 25.9. The normalized spacial score (nSPS) is 13.2. The number of nitrogens with one attached hydrogen (secondary N) is 2. The van der Waals surface area contributed by atoms with Gasteiger partial charge in [-0.1, -0.05) is 66.2 Å². The highest BCUT2D eigenvalue weighted by molar-refractivity contribution is 7.09. The molecule has 188 valence electrons. The highest BCUT2D eigenvalue weighted by atomic mass is 32.1. The summed E-state index contributed by atoms with van der Waals surface area (Å²) in [5.41, 5.74) is 2.71. The largest absolute Gasteiger partial charge is 0.416 e. The van der Waals surface area contributed by atoms with E-state index in [0.29, 0.717) is 11.3 Å². The van der Waals surface area contributed by atoms with Crippen molar-refractivity contribution in [3.63, 3.8) is 0 Å². The van der Waals surface area contributed by atoms with Gasteiger partial charge in [-0.15, -0.1) is 0 Å². The number of anilines is 1. The average molecular weight is 500 g/mol. The lowest BCUT2D eigenvalue weighted by Gasteiger charge is -2.20. The van der Waals surface area contributed by atoms with Crippen molar-refractivity contribution in [3.05, 3.63) is 39.1 Å². The summed E-state index contributed by atoms with van der Waals surface area (Å²) in [6, 6.07) is 2.68. The molecule has 0 atom stereocenters. The van der Waals surface area contributed by atoms with Gasteiger partial charge in [0.15, 0.2) is 0 Å². The summed E-state index contributed by atoms with van der Waals surface area (Å²) in [7, 11) is 0. The Balaban J connectivity index is 2.55. The van der Waals surface area contributed by atoms with Crippen molar-refractivity contribution in [1.82, 2.24) is 15.2 Å². The molecule has 0 saturated carbocycles. The smallest absolute Gasteiger partial charge is 0.298 e. The number of carbonyl (C=O) groups excluding carboxylic acids is 2. The first-order chi connectivity index (χ1) is 15.5. The molecule has 11 heteroatoms. The van der Waals surface area contributed by atoms with Gasteiger partial charge in [0, 0.05) is 17.4 Å². The topological polar surface area (TPSA) is 88.4 Å². The second kappa shape index (κ2) is 10.3. The first kappa shape index (κ1) is 27.6. The van der Waals surface area contributed by atoms with Gasteiger partial charge in [0.25, 0.3) is 5.91 Å². The summed E-state index contributed by atoms with van der Waals surface area (Å²) >= 11 is 1.23. The monoisotopic (exact) mass is 499 g/mol. The number of carbonyl (C=O) groups is 2. The lowest BCUT2D eigenvalue weighted by molar-refractivity contribution is -0.137. The second-order valence-corrected chi connectivity index (χ2v) is 11.0. The van der Waals surface area contributed by atoms with Crippen LogP contribution in [-0.2, 0) is 22.9 Å². The number of rotatable bonds is 6. The second-order valence-electron chi connectivity index (χ2n) is 10.0. The number of aromatic nitrogens is 2. The van der Waals surface area contributed by atoms with Crippen molar-refractivity contribution in [1.29, 1.82) is 0 Å². The number of aryl methyl sites for hydroxylation is 1. The molecular formula is C23H32F3N5O2S. The third-order valence-electron chi connectivity index (χ3n) is 4.75. The van der Waals surface area contributed by atoms with Crippen LogP contribution in [0.3, 0.4) is 0 Å². The quantitative estimate of drug-likeness (QED) is 0.529. The predicted molar refractivity (Wildman–Crippen MR) is 126 cm³/mol. The molecule has 0 fully saturated rings. The van der Waals surface area contributed by atoms with Crippen LogP contribution in [-0.4, -0.2) is 21.6 Å². The van der Waals surface area contributed by atoms with Gasteiger partial charge in [0.05, 0.1) is 16.8 Å². The van der Waals surface area contributed by atoms with Crippen LogP contribution in [0.1, 0.15) is 82.2 Å². The molecule has 2 aromatic rings. The Morgan fingerprint density at radius 2 is 1.76 bits per heavy atom. The molecule has 0 spiro atoms. The number of hydrogen-bond donors (Lipinski definition) is 2. The van der Waals surface area contributed by atoms with Gasteiger partial charge in [-0.05, 0) is 24.6 Å². The summed E-state index contributed by atoms with van der Waals surface area (Å²) in [5, 5.41) is 5.33. The molecule has 0 aliphatic carbocycles. The Hall–Kier alpha value is -2.69. The maximum absolute atomic E-state index is 13.4. The maximum Gasteiger partial charge on any atom is 0.416 e. The standard InChI is InChI=1S/C23H32F3N5O2S/c1-8-9-12-31-20(34-19(30-31)22(5,6)7)27-17(32)15-13-14(23(24,25)26)10-11-16(15)28-29-18(33)21(2,3)4/h10-11,13,28H,8-9,12H2,1-7H3,(H,29,33)/b27-20-. The van der Waals surface area contributed by atoms with Crippen molar-refractivity contribution in [3.8, 4) is 0 Å². The van der Waals surface area contributed by atoms with E-state index in [2.05, 4.69) is 20.9 Å². The molecule has 34 heavy (non-hydrogen) atoms. The van der Waals surface area contributed by atoms with E-state index in [9.17, 15) is 22.8 Å². The molecule has 0 unspecified atom stereocenters. The van der Waals surface area contributed by atoms with Gasteiger partial charge in [-0.2, -0.15) is 23.3 Å². The van der Waals surface area contributed by atoms with Crippen LogP contribution in [0.2, 0.25) is 0 Å². The number of benzene rings is 1. The molecule has 0 aliphatic rings. The van der Waals surface area contributed by atoms with E-state index in [1.165, 1.54) is 11.3 Å². The number of hydrazine groups is 1. The lowest BCUT2D eigenvalue weighted by atomic mass is 9.96. The molecule has 1 aromatic carbocycles. The molecule has 0 saturated heterocycles. The van der Waals surface area contributed by atoms with Gasteiger partial charge >= 0.3 is 6.18 Å². The highest BCUT2D eigenvalue weighted by Crippen LogP contribution is 2.32.